The topological polar surface area (TPSA) is 75.0 Å². The van der Waals surface area contributed by atoms with Crippen LogP contribution in [0, 0.1) is 0 Å². The van der Waals surface area contributed by atoms with Crippen molar-refractivity contribution < 1.29 is 0 Å². The summed E-state index contributed by atoms with van der Waals surface area (Å²) in [5.74, 6) is 0.451. The van der Waals surface area contributed by atoms with E-state index < -0.39 is 0 Å². The van der Waals surface area contributed by atoms with Crippen molar-refractivity contribution in [1.29, 1.82) is 0 Å². The van der Waals surface area contributed by atoms with E-state index in [1.165, 1.54) is 11.1 Å². The molecule has 0 saturated heterocycles. The number of fused-ring (bicyclic) bond motifs is 1. The normalized spacial score (nSPS) is 18.2. The van der Waals surface area contributed by atoms with Crippen molar-refractivity contribution in [2.24, 2.45) is 5.73 Å². The van der Waals surface area contributed by atoms with Crippen molar-refractivity contribution in [1.82, 2.24) is 9.97 Å². The largest absolute Gasteiger partial charge is 0.343 e. The average Bonchev–Trinajstić information content (AvgIpc) is 2.46. The fourth-order valence-electron chi connectivity index (χ4n) is 2.71. The third kappa shape index (κ3) is 2.02. The molecule has 3 N–H and O–H groups in total. The summed E-state index contributed by atoms with van der Waals surface area (Å²) in [5, 5.41) is 0. The summed E-state index contributed by atoms with van der Waals surface area (Å²) in [6.45, 7) is 1.23. The highest BCUT2D eigenvalue weighted by Gasteiger charge is 2.28. The number of hydrogen-bond donors (Lipinski definition) is 2. The van der Waals surface area contributed by atoms with Gasteiger partial charge in [0.1, 0.15) is 0 Å². The second-order valence-corrected chi connectivity index (χ2v) is 4.64. The maximum Gasteiger partial charge on any atom is 0.290 e. The first-order chi connectivity index (χ1) is 9.31. The molecule has 1 aromatic heterocycles. The van der Waals surface area contributed by atoms with Crippen molar-refractivity contribution in [2.45, 2.75) is 12.5 Å². The maximum atomic E-state index is 11.9. The fraction of sp³-hybridized carbons (Fsp3) is 0.286. The summed E-state index contributed by atoms with van der Waals surface area (Å²) in [6, 6.07) is 8.26. The second-order valence-electron chi connectivity index (χ2n) is 4.64. The van der Waals surface area contributed by atoms with E-state index in [9.17, 15) is 4.79 Å². The Morgan fingerprint density at radius 2 is 2.26 bits per heavy atom. The Hall–Kier alpha value is -2.14. The average molecular weight is 256 g/mol. The van der Waals surface area contributed by atoms with Crippen molar-refractivity contribution in [3.63, 3.8) is 0 Å². The smallest absolute Gasteiger partial charge is 0.290 e. The quantitative estimate of drug-likeness (QED) is 0.834. The van der Waals surface area contributed by atoms with Crippen LogP contribution in [0.1, 0.15) is 17.2 Å². The number of nitrogens with zero attached hydrogens (tertiary/aromatic N) is 2. The lowest BCUT2D eigenvalue weighted by Crippen LogP contribution is -2.42. The molecule has 98 valence electrons. The zero-order valence-corrected chi connectivity index (χ0v) is 10.5. The van der Waals surface area contributed by atoms with E-state index in [4.69, 9.17) is 5.73 Å². The number of anilines is 1. The van der Waals surface area contributed by atoms with Crippen LogP contribution in [0.25, 0.3) is 0 Å². The van der Waals surface area contributed by atoms with Gasteiger partial charge in [0.05, 0.1) is 6.04 Å². The lowest BCUT2D eigenvalue weighted by Gasteiger charge is -2.36. The molecule has 1 aliphatic rings. The minimum atomic E-state index is -0.166. The predicted octanol–water partition coefficient (Wildman–Crippen LogP) is 0.832. The summed E-state index contributed by atoms with van der Waals surface area (Å²) in [4.78, 5) is 20.8. The third-order valence-electron chi connectivity index (χ3n) is 3.60. The SMILES string of the molecule is NCC1c2ccccc2CCN1c1ncc[nH]c1=O. The molecule has 0 spiro atoms. The first-order valence-electron chi connectivity index (χ1n) is 6.39. The van der Waals surface area contributed by atoms with Gasteiger partial charge in [-0.15, -0.1) is 0 Å². The number of nitrogens with one attached hydrogen (secondary N) is 1. The first kappa shape index (κ1) is 11.9. The molecule has 1 aromatic carbocycles. The zero-order valence-electron chi connectivity index (χ0n) is 10.5. The molecule has 0 saturated carbocycles. The molecular formula is C14H16N4O. The van der Waals surface area contributed by atoms with Crippen LogP contribution >= 0.6 is 0 Å². The highest BCUT2D eigenvalue weighted by atomic mass is 16.1. The van der Waals surface area contributed by atoms with Gasteiger partial charge in [0.2, 0.25) is 0 Å². The Morgan fingerprint density at radius 1 is 1.42 bits per heavy atom. The highest BCUT2D eigenvalue weighted by molar-refractivity contribution is 5.46. The maximum absolute atomic E-state index is 11.9. The van der Waals surface area contributed by atoms with Gasteiger partial charge in [-0.05, 0) is 17.5 Å². The monoisotopic (exact) mass is 256 g/mol. The summed E-state index contributed by atoms with van der Waals surface area (Å²) in [7, 11) is 0. The minimum absolute atomic E-state index is 0.0148. The van der Waals surface area contributed by atoms with Gasteiger partial charge in [0.15, 0.2) is 5.82 Å². The number of hydrogen-bond acceptors (Lipinski definition) is 4. The van der Waals surface area contributed by atoms with Crippen molar-refractivity contribution in [3.05, 3.63) is 58.1 Å². The number of aromatic nitrogens is 2. The van der Waals surface area contributed by atoms with Crippen molar-refractivity contribution in [3.8, 4) is 0 Å². The molecule has 1 atom stereocenters. The molecule has 19 heavy (non-hydrogen) atoms. The van der Waals surface area contributed by atoms with Crippen molar-refractivity contribution in [2.75, 3.05) is 18.0 Å². The summed E-state index contributed by atoms with van der Waals surface area (Å²) in [5.41, 5.74) is 8.25. The van der Waals surface area contributed by atoms with Gasteiger partial charge in [-0.3, -0.25) is 4.79 Å². The van der Waals surface area contributed by atoms with E-state index >= 15 is 0 Å². The molecule has 5 heteroatoms. The summed E-state index contributed by atoms with van der Waals surface area (Å²) < 4.78 is 0. The zero-order chi connectivity index (χ0) is 13.2. The third-order valence-corrected chi connectivity index (χ3v) is 3.60. The molecule has 0 fully saturated rings. The van der Waals surface area contributed by atoms with Crippen LogP contribution in [0.3, 0.4) is 0 Å². The van der Waals surface area contributed by atoms with Crippen LogP contribution in [0.5, 0.6) is 0 Å². The lowest BCUT2D eigenvalue weighted by atomic mass is 9.92. The van der Waals surface area contributed by atoms with Gasteiger partial charge >= 0.3 is 0 Å². The minimum Gasteiger partial charge on any atom is -0.343 e. The molecule has 2 heterocycles. The van der Waals surface area contributed by atoms with Crippen LogP contribution in [-0.4, -0.2) is 23.1 Å². The van der Waals surface area contributed by atoms with Gasteiger partial charge in [0, 0.05) is 25.5 Å². The van der Waals surface area contributed by atoms with Crippen LogP contribution in [0.15, 0.2) is 41.5 Å². The highest BCUT2D eigenvalue weighted by Crippen LogP contribution is 2.30. The van der Waals surface area contributed by atoms with Gasteiger partial charge < -0.3 is 15.6 Å². The molecule has 0 radical (unpaired) electrons. The molecule has 1 aliphatic heterocycles. The summed E-state index contributed by atoms with van der Waals surface area (Å²) in [6.07, 6.45) is 4.05. The molecule has 1 unspecified atom stereocenters. The molecule has 2 aromatic rings. The molecule has 0 aliphatic carbocycles. The first-order valence-corrected chi connectivity index (χ1v) is 6.39. The van der Waals surface area contributed by atoms with Crippen molar-refractivity contribution >= 4 is 5.82 Å². The van der Waals surface area contributed by atoms with Gasteiger partial charge in [-0.2, -0.15) is 0 Å². The Morgan fingerprint density at radius 3 is 3.05 bits per heavy atom. The van der Waals surface area contributed by atoms with E-state index in [1.54, 1.807) is 12.4 Å². The van der Waals surface area contributed by atoms with Gasteiger partial charge in [-0.1, -0.05) is 24.3 Å². The number of aromatic amines is 1. The van der Waals surface area contributed by atoms with E-state index in [-0.39, 0.29) is 11.6 Å². The van der Waals surface area contributed by atoms with Gasteiger partial charge in [0.25, 0.3) is 5.56 Å². The Labute approximate surface area is 111 Å². The van der Waals surface area contributed by atoms with E-state index in [2.05, 4.69) is 22.1 Å². The van der Waals surface area contributed by atoms with E-state index in [0.29, 0.717) is 12.4 Å². The van der Waals surface area contributed by atoms with E-state index in [1.807, 2.05) is 17.0 Å². The number of rotatable bonds is 2. The predicted molar refractivity (Wildman–Crippen MR) is 74.1 cm³/mol. The molecule has 0 amide bonds. The Kier molecular flexibility index (Phi) is 3.05. The van der Waals surface area contributed by atoms with Crippen LogP contribution in [0.2, 0.25) is 0 Å². The second kappa shape index (κ2) is 4.85. The molecule has 5 nitrogen and oxygen atoms in total. The number of nitrogens with two attached hydrogens (primary N) is 1. The number of H-pyrrole nitrogens is 1. The Bertz CT molecular complexity index is 637. The Balaban J connectivity index is 2.06. The molecule has 3 rings (SSSR count). The molecule has 0 bridgehead atoms. The van der Waals surface area contributed by atoms with Crippen LogP contribution < -0.4 is 16.2 Å². The van der Waals surface area contributed by atoms with Crippen LogP contribution in [0.4, 0.5) is 5.82 Å². The molecular weight excluding hydrogens is 240 g/mol. The summed E-state index contributed by atoms with van der Waals surface area (Å²) >= 11 is 0. The fourth-order valence-corrected chi connectivity index (χ4v) is 2.71. The van der Waals surface area contributed by atoms with Gasteiger partial charge in [-0.25, -0.2) is 4.98 Å². The lowest BCUT2D eigenvalue weighted by molar-refractivity contribution is 0.581. The van der Waals surface area contributed by atoms with E-state index in [0.717, 1.165) is 13.0 Å². The van der Waals surface area contributed by atoms with Crippen LogP contribution in [-0.2, 0) is 6.42 Å². The standard InChI is InChI=1S/C14H16N4O/c15-9-12-11-4-2-1-3-10(11)5-8-18(12)13-14(19)17-7-6-16-13/h1-4,6-7,12H,5,8-9,15H2,(H,17,19). The number of benzene rings is 1.